The fourth-order valence-corrected chi connectivity index (χ4v) is 2.04. The topological polar surface area (TPSA) is 66.4 Å². The van der Waals surface area contributed by atoms with E-state index in [2.05, 4.69) is 5.32 Å². The standard InChI is InChI=1S/C16H14FNO3/c1-10-3-2-4-13(15(10)16(20)21)18-14(19)9-11-5-7-12(17)8-6-11/h2-8H,9H2,1H3,(H,18,19)(H,20,21). The number of benzene rings is 2. The van der Waals surface area contributed by atoms with E-state index < -0.39 is 5.97 Å². The molecule has 0 aliphatic carbocycles. The molecule has 0 atom stereocenters. The zero-order valence-electron chi connectivity index (χ0n) is 11.4. The van der Waals surface area contributed by atoms with Gasteiger partial charge in [0.2, 0.25) is 5.91 Å². The minimum Gasteiger partial charge on any atom is -0.478 e. The van der Waals surface area contributed by atoms with Gasteiger partial charge in [-0.2, -0.15) is 0 Å². The van der Waals surface area contributed by atoms with Crippen LogP contribution < -0.4 is 5.32 Å². The molecule has 0 radical (unpaired) electrons. The zero-order chi connectivity index (χ0) is 15.4. The van der Waals surface area contributed by atoms with E-state index in [4.69, 9.17) is 0 Å². The number of rotatable bonds is 4. The Morgan fingerprint density at radius 1 is 1.14 bits per heavy atom. The molecule has 0 aromatic heterocycles. The number of aryl methyl sites for hydroxylation is 1. The van der Waals surface area contributed by atoms with Crippen LogP contribution >= 0.6 is 0 Å². The summed E-state index contributed by atoms with van der Waals surface area (Å²) in [6.45, 7) is 1.67. The molecule has 2 rings (SSSR count). The fraction of sp³-hybridized carbons (Fsp3) is 0.125. The lowest BCUT2D eigenvalue weighted by atomic mass is 10.1. The van der Waals surface area contributed by atoms with Crippen molar-refractivity contribution < 1.29 is 19.1 Å². The summed E-state index contributed by atoms with van der Waals surface area (Å²) in [4.78, 5) is 23.2. The van der Waals surface area contributed by atoms with E-state index >= 15 is 0 Å². The number of carboxylic acid groups (broad SMARTS) is 1. The van der Waals surface area contributed by atoms with Gasteiger partial charge < -0.3 is 10.4 Å². The normalized spacial score (nSPS) is 10.2. The van der Waals surface area contributed by atoms with Crippen molar-refractivity contribution in [2.75, 3.05) is 5.32 Å². The van der Waals surface area contributed by atoms with Gasteiger partial charge in [0.05, 0.1) is 17.7 Å². The Balaban J connectivity index is 2.15. The Bertz CT molecular complexity index is 680. The summed E-state index contributed by atoms with van der Waals surface area (Å²) in [5.74, 6) is -1.81. The van der Waals surface area contributed by atoms with Gasteiger partial charge in [0.25, 0.3) is 0 Å². The Morgan fingerprint density at radius 3 is 2.43 bits per heavy atom. The molecule has 0 fully saturated rings. The third-order valence-electron chi connectivity index (χ3n) is 3.04. The first kappa shape index (κ1) is 14.7. The molecule has 0 saturated heterocycles. The van der Waals surface area contributed by atoms with Crippen LogP contribution in [0.25, 0.3) is 0 Å². The first-order valence-corrected chi connectivity index (χ1v) is 6.34. The maximum Gasteiger partial charge on any atom is 0.338 e. The van der Waals surface area contributed by atoms with Crippen molar-refractivity contribution in [3.05, 3.63) is 65.0 Å². The number of amides is 1. The molecule has 0 spiro atoms. The maximum atomic E-state index is 12.8. The van der Waals surface area contributed by atoms with E-state index in [1.807, 2.05) is 0 Å². The van der Waals surface area contributed by atoms with Crippen molar-refractivity contribution in [3.8, 4) is 0 Å². The van der Waals surface area contributed by atoms with Crippen LogP contribution in [0.3, 0.4) is 0 Å². The first-order chi connectivity index (χ1) is 9.97. The molecule has 0 unspecified atom stereocenters. The highest BCUT2D eigenvalue weighted by molar-refractivity contribution is 6.02. The number of aromatic carboxylic acids is 1. The average Bonchev–Trinajstić information content (AvgIpc) is 2.41. The second kappa shape index (κ2) is 6.17. The number of nitrogens with one attached hydrogen (secondary N) is 1. The molecule has 0 aliphatic rings. The average molecular weight is 287 g/mol. The molecular formula is C16H14FNO3. The monoisotopic (exact) mass is 287 g/mol. The van der Waals surface area contributed by atoms with Crippen LogP contribution in [0.2, 0.25) is 0 Å². The molecule has 2 N–H and O–H groups in total. The maximum absolute atomic E-state index is 12.8. The van der Waals surface area contributed by atoms with Gasteiger partial charge in [-0.3, -0.25) is 4.79 Å². The second-order valence-corrected chi connectivity index (χ2v) is 4.65. The minimum absolute atomic E-state index is 0.0489. The predicted molar refractivity (Wildman–Crippen MR) is 76.9 cm³/mol. The molecule has 4 nitrogen and oxygen atoms in total. The van der Waals surface area contributed by atoms with Gasteiger partial charge in [0, 0.05) is 0 Å². The van der Waals surface area contributed by atoms with Gasteiger partial charge in [0.15, 0.2) is 0 Å². The van der Waals surface area contributed by atoms with Crippen molar-refractivity contribution in [2.24, 2.45) is 0 Å². The van der Waals surface area contributed by atoms with Crippen LogP contribution in [0.4, 0.5) is 10.1 Å². The molecule has 0 bridgehead atoms. The summed E-state index contributed by atoms with van der Waals surface area (Å²) in [7, 11) is 0. The Morgan fingerprint density at radius 2 is 1.81 bits per heavy atom. The Kier molecular flexibility index (Phi) is 4.33. The van der Waals surface area contributed by atoms with Crippen LogP contribution in [0.5, 0.6) is 0 Å². The smallest absolute Gasteiger partial charge is 0.338 e. The van der Waals surface area contributed by atoms with E-state index in [0.717, 1.165) is 0 Å². The zero-order valence-corrected chi connectivity index (χ0v) is 11.4. The van der Waals surface area contributed by atoms with Crippen LogP contribution in [-0.4, -0.2) is 17.0 Å². The molecule has 0 saturated carbocycles. The second-order valence-electron chi connectivity index (χ2n) is 4.65. The number of carbonyl (C=O) groups excluding carboxylic acids is 1. The van der Waals surface area contributed by atoms with Crippen molar-refractivity contribution in [3.63, 3.8) is 0 Å². The molecule has 2 aromatic rings. The van der Waals surface area contributed by atoms with Crippen LogP contribution in [0, 0.1) is 12.7 Å². The molecule has 5 heteroatoms. The molecule has 1 amide bonds. The highest BCUT2D eigenvalue weighted by Gasteiger charge is 2.15. The fourth-order valence-electron chi connectivity index (χ4n) is 2.04. The lowest BCUT2D eigenvalue weighted by Gasteiger charge is -2.10. The van der Waals surface area contributed by atoms with Gasteiger partial charge in [0.1, 0.15) is 5.82 Å². The first-order valence-electron chi connectivity index (χ1n) is 6.34. The lowest BCUT2D eigenvalue weighted by Crippen LogP contribution is -2.17. The number of carboxylic acids is 1. The van der Waals surface area contributed by atoms with Crippen LogP contribution in [0.15, 0.2) is 42.5 Å². The minimum atomic E-state index is -1.09. The third-order valence-corrected chi connectivity index (χ3v) is 3.04. The van der Waals surface area contributed by atoms with Gasteiger partial charge in [-0.25, -0.2) is 9.18 Å². The van der Waals surface area contributed by atoms with Crippen LogP contribution in [0.1, 0.15) is 21.5 Å². The molecule has 0 heterocycles. The van der Waals surface area contributed by atoms with Crippen molar-refractivity contribution in [2.45, 2.75) is 13.3 Å². The molecule has 2 aromatic carbocycles. The van der Waals surface area contributed by atoms with E-state index in [1.165, 1.54) is 24.3 Å². The van der Waals surface area contributed by atoms with Gasteiger partial charge in [-0.05, 0) is 36.2 Å². The van der Waals surface area contributed by atoms with E-state index in [1.54, 1.807) is 25.1 Å². The summed E-state index contributed by atoms with van der Waals surface area (Å²) < 4.78 is 12.8. The number of anilines is 1. The van der Waals surface area contributed by atoms with E-state index in [-0.39, 0.29) is 29.4 Å². The lowest BCUT2D eigenvalue weighted by molar-refractivity contribution is -0.115. The molecule has 0 aliphatic heterocycles. The summed E-state index contributed by atoms with van der Waals surface area (Å²) in [6.07, 6.45) is 0.0489. The number of halogens is 1. The Hall–Kier alpha value is -2.69. The summed E-state index contributed by atoms with van der Waals surface area (Å²) in [5.41, 5.74) is 1.56. The van der Waals surface area contributed by atoms with E-state index in [0.29, 0.717) is 11.1 Å². The number of carbonyl (C=O) groups is 2. The van der Waals surface area contributed by atoms with Gasteiger partial charge >= 0.3 is 5.97 Å². The molecule has 21 heavy (non-hydrogen) atoms. The highest BCUT2D eigenvalue weighted by atomic mass is 19.1. The van der Waals surface area contributed by atoms with Gasteiger partial charge in [-0.15, -0.1) is 0 Å². The summed E-state index contributed by atoms with van der Waals surface area (Å²) >= 11 is 0. The van der Waals surface area contributed by atoms with Crippen LogP contribution in [-0.2, 0) is 11.2 Å². The van der Waals surface area contributed by atoms with Crippen molar-refractivity contribution in [1.82, 2.24) is 0 Å². The number of hydrogen-bond donors (Lipinski definition) is 2. The highest BCUT2D eigenvalue weighted by Crippen LogP contribution is 2.19. The summed E-state index contributed by atoms with van der Waals surface area (Å²) in [6, 6.07) is 10.5. The third kappa shape index (κ3) is 3.66. The quantitative estimate of drug-likeness (QED) is 0.908. The number of hydrogen-bond acceptors (Lipinski definition) is 2. The molecular weight excluding hydrogens is 273 g/mol. The van der Waals surface area contributed by atoms with Crippen molar-refractivity contribution >= 4 is 17.6 Å². The predicted octanol–water partition coefficient (Wildman–Crippen LogP) is 3.01. The Labute approximate surface area is 121 Å². The van der Waals surface area contributed by atoms with E-state index in [9.17, 15) is 19.1 Å². The van der Waals surface area contributed by atoms with Gasteiger partial charge in [-0.1, -0.05) is 24.3 Å². The SMILES string of the molecule is Cc1cccc(NC(=O)Cc2ccc(F)cc2)c1C(=O)O. The summed E-state index contributed by atoms with van der Waals surface area (Å²) in [5, 5.41) is 11.8. The van der Waals surface area contributed by atoms with Crippen molar-refractivity contribution in [1.29, 1.82) is 0 Å². The molecule has 108 valence electrons. The largest absolute Gasteiger partial charge is 0.478 e.